The van der Waals surface area contributed by atoms with E-state index in [0.29, 0.717) is 0 Å². The molecule has 1 N–H and O–H groups in total. The molecule has 1 aliphatic rings. The highest BCUT2D eigenvalue weighted by atomic mass is 16.4. The lowest BCUT2D eigenvalue weighted by molar-refractivity contribution is 0.318. The first-order valence-corrected chi connectivity index (χ1v) is 5.15. The molecule has 2 rings (SSSR count). The molecule has 3 heteroatoms. The maximum Gasteiger partial charge on any atom is 0.0798 e. The van der Waals surface area contributed by atoms with E-state index < -0.39 is 0 Å². The van der Waals surface area contributed by atoms with Gasteiger partial charge in [0.1, 0.15) is 0 Å². The highest BCUT2D eigenvalue weighted by Crippen LogP contribution is 2.26. The van der Waals surface area contributed by atoms with E-state index in [1.165, 1.54) is 11.1 Å². The van der Waals surface area contributed by atoms with Crippen molar-refractivity contribution in [2.24, 2.45) is 5.16 Å². The van der Waals surface area contributed by atoms with Crippen LogP contribution in [0.3, 0.4) is 0 Å². The zero-order valence-corrected chi connectivity index (χ0v) is 8.77. The van der Waals surface area contributed by atoms with E-state index in [1.54, 1.807) is 6.20 Å². The van der Waals surface area contributed by atoms with Crippen LogP contribution in [0.25, 0.3) is 5.57 Å². The molecule has 1 heterocycles. The molecule has 0 aromatic carbocycles. The highest BCUT2D eigenvalue weighted by molar-refractivity contribution is 6.02. The summed E-state index contributed by atoms with van der Waals surface area (Å²) in [5.41, 5.74) is 4.18. The van der Waals surface area contributed by atoms with Gasteiger partial charge in [0.2, 0.25) is 0 Å². The number of pyridine rings is 1. The molecule has 0 aliphatic heterocycles. The van der Waals surface area contributed by atoms with Crippen LogP contribution in [0.2, 0.25) is 0 Å². The number of rotatable bonds is 1. The molecular formula is C12H14N2O. The van der Waals surface area contributed by atoms with Crippen LogP contribution in [0.4, 0.5) is 0 Å². The summed E-state index contributed by atoms with van der Waals surface area (Å²) in [4.78, 5) is 4.26. The van der Waals surface area contributed by atoms with Crippen molar-refractivity contribution in [3.8, 4) is 0 Å². The Morgan fingerprint density at radius 1 is 1.40 bits per heavy atom. The van der Waals surface area contributed by atoms with Crippen LogP contribution >= 0.6 is 0 Å². The van der Waals surface area contributed by atoms with Gasteiger partial charge < -0.3 is 5.21 Å². The Morgan fingerprint density at radius 3 is 3.00 bits per heavy atom. The molecule has 0 radical (unpaired) electrons. The summed E-state index contributed by atoms with van der Waals surface area (Å²) in [6, 6.07) is 4.00. The van der Waals surface area contributed by atoms with Gasteiger partial charge in [-0.2, -0.15) is 0 Å². The molecule has 0 bridgehead atoms. The van der Waals surface area contributed by atoms with E-state index in [-0.39, 0.29) is 0 Å². The molecule has 1 aliphatic carbocycles. The van der Waals surface area contributed by atoms with Crippen molar-refractivity contribution in [2.75, 3.05) is 0 Å². The maximum atomic E-state index is 8.75. The van der Waals surface area contributed by atoms with Gasteiger partial charge in [0, 0.05) is 11.9 Å². The van der Waals surface area contributed by atoms with Crippen LogP contribution in [0.15, 0.2) is 29.6 Å². The number of hydrogen-bond acceptors (Lipinski definition) is 3. The summed E-state index contributed by atoms with van der Waals surface area (Å²) in [5.74, 6) is 0. The van der Waals surface area contributed by atoms with Crippen LogP contribution in [0, 0.1) is 6.92 Å². The topological polar surface area (TPSA) is 45.5 Å². The molecule has 0 unspecified atom stereocenters. The first kappa shape index (κ1) is 9.90. The lowest BCUT2D eigenvalue weighted by atomic mass is 9.92. The third-order valence-corrected chi connectivity index (χ3v) is 2.70. The molecule has 78 valence electrons. The van der Waals surface area contributed by atoms with E-state index in [1.807, 2.05) is 19.1 Å². The van der Waals surface area contributed by atoms with Crippen LogP contribution in [0.1, 0.15) is 30.5 Å². The Kier molecular flexibility index (Phi) is 2.81. The second-order valence-electron chi connectivity index (χ2n) is 3.75. The van der Waals surface area contributed by atoms with Crippen LogP contribution in [0.5, 0.6) is 0 Å². The Bertz CT molecular complexity index is 421. The molecule has 15 heavy (non-hydrogen) atoms. The number of oxime groups is 1. The van der Waals surface area contributed by atoms with Crippen LogP contribution in [-0.4, -0.2) is 15.9 Å². The van der Waals surface area contributed by atoms with Gasteiger partial charge in [0.25, 0.3) is 0 Å². The fourth-order valence-corrected chi connectivity index (χ4v) is 1.92. The third-order valence-electron chi connectivity index (χ3n) is 2.70. The van der Waals surface area contributed by atoms with E-state index in [9.17, 15) is 0 Å². The quantitative estimate of drug-likeness (QED) is 0.562. The Morgan fingerprint density at radius 2 is 2.27 bits per heavy atom. The minimum atomic E-state index is 0.763. The van der Waals surface area contributed by atoms with Gasteiger partial charge in [-0.05, 0) is 49.5 Å². The van der Waals surface area contributed by atoms with Crippen molar-refractivity contribution in [3.05, 3.63) is 35.7 Å². The molecule has 3 nitrogen and oxygen atoms in total. The van der Waals surface area contributed by atoms with E-state index in [4.69, 9.17) is 5.21 Å². The summed E-state index contributed by atoms with van der Waals surface area (Å²) >= 11 is 0. The SMILES string of the molecule is Cc1ncccc1C1=CC(=NO)CCC1. The lowest BCUT2D eigenvalue weighted by Gasteiger charge is -2.14. The minimum absolute atomic E-state index is 0.763. The van der Waals surface area contributed by atoms with Gasteiger partial charge in [-0.1, -0.05) is 11.2 Å². The Balaban J connectivity index is 2.39. The van der Waals surface area contributed by atoms with Crippen molar-refractivity contribution >= 4 is 11.3 Å². The minimum Gasteiger partial charge on any atom is -0.411 e. The standard InChI is InChI=1S/C12H14N2O/c1-9-12(6-3-7-13-9)10-4-2-5-11(8-10)14-15/h3,6-8,15H,2,4-5H2,1H3. The van der Waals surface area contributed by atoms with Crippen molar-refractivity contribution in [3.63, 3.8) is 0 Å². The second-order valence-corrected chi connectivity index (χ2v) is 3.75. The molecule has 0 saturated carbocycles. The smallest absolute Gasteiger partial charge is 0.0798 e. The first-order chi connectivity index (χ1) is 7.31. The molecule has 1 aromatic heterocycles. The number of aryl methyl sites for hydroxylation is 1. The van der Waals surface area contributed by atoms with Crippen molar-refractivity contribution in [2.45, 2.75) is 26.2 Å². The number of hydrogen-bond donors (Lipinski definition) is 1. The second kappa shape index (κ2) is 4.26. The molecule has 0 atom stereocenters. The van der Waals surface area contributed by atoms with Gasteiger partial charge in [0.15, 0.2) is 0 Å². The number of nitrogens with zero attached hydrogens (tertiary/aromatic N) is 2. The summed E-state index contributed by atoms with van der Waals surface area (Å²) in [6.07, 6.45) is 6.70. The average molecular weight is 202 g/mol. The number of allylic oxidation sites excluding steroid dienone is 2. The Hall–Kier alpha value is -1.64. The van der Waals surface area contributed by atoms with Gasteiger partial charge in [0.05, 0.1) is 5.71 Å². The van der Waals surface area contributed by atoms with Crippen molar-refractivity contribution in [1.29, 1.82) is 0 Å². The zero-order valence-electron chi connectivity index (χ0n) is 8.77. The van der Waals surface area contributed by atoms with Gasteiger partial charge in [-0.15, -0.1) is 0 Å². The van der Waals surface area contributed by atoms with E-state index in [0.717, 1.165) is 30.7 Å². The fourth-order valence-electron chi connectivity index (χ4n) is 1.92. The molecule has 0 spiro atoms. The third kappa shape index (κ3) is 2.06. The summed E-state index contributed by atoms with van der Waals surface area (Å²) in [5, 5.41) is 12.0. The molecule has 0 saturated heterocycles. The van der Waals surface area contributed by atoms with Crippen molar-refractivity contribution < 1.29 is 5.21 Å². The van der Waals surface area contributed by atoms with Gasteiger partial charge in [-0.3, -0.25) is 4.98 Å². The predicted molar refractivity (Wildman–Crippen MR) is 60.0 cm³/mol. The van der Waals surface area contributed by atoms with Crippen molar-refractivity contribution in [1.82, 2.24) is 4.98 Å². The van der Waals surface area contributed by atoms with Crippen LogP contribution in [-0.2, 0) is 0 Å². The molecule has 0 amide bonds. The van der Waals surface area contributed by atoms with E-state index in [2.05, 4.69) is 16.2 Å². The largest absolute Gasteiger partial charge is 0.411 e. The summed E-state index contributed by atoms with van der Waals surface area (Å²) in [6.45, 7) is 2.00. The lowest BCUT2D eigenvalue weighted by Crippen LogP contribution is -2.04. The van der Waals surface area contributed by atoms with Gasteiger partial charge in [-0.25, -0.2) is 0 Å². The zero-order chi connectivity index (χ0) is 10.7. The van der Waals surface area contributed by atoms with Crippen LogP contribution < -0.4 is 0 Å². The first-order valence-electron chi connectivity index (χ1n) is 5.15. The van der Waals surface area contributed by atoms with E-state index >= 15 is 0 Å². The molecule has 0 fully saturated rings. The fraction of sp³-hybridized carbons (Fsp3) is 0.333. The predicted octanol–water partition coefficient (Wildman–Crippen LogP) is 2.79. The summed E-state index contributed by atoms with van der Waals surface area (Å²) < 4.78 is 0. The Labute approximate surface area is 89.2 Å². The monoisotopic (exact) mass is 202 g/mol. The maximum absolute atomic E-state index is 8.75. The highest BCUT2D eigenvalue weighted by Gasteiger charge is 2.12. The average Bonchev–Trinajstić information content (AvgIpc) is 2.30. The number of aromatic nitrogens is 1. The summed E-state index contributed by atoms with van der Waals surface area (Å²) in [7, 11) is 0. The normalized spacial score (nSPS) is 19.0. The van der Waals surface area contributed by atoms with Gasteiger partial charge >= 0.3 is 0 Å². The molecule has 1 aromatic rings. The molecular weight excluding hydrogens is 188 g/mol.